The quantitative estimate of drug-likeness (QED) is 0.417. The third-order valence-electron chi connectivity index (χ3n) is 7.81. The van der Waals surface area contributed by atoms with Crippen LogP contribution in [0.1, 0.15) is 42.9 Å². The Morgan fingerprint density at radius 3 is 2.81 bits per heavy atom. The number of thiazole rings is 1. The van der Waals surface area contributed by atoms with Crippen molar-refractivity contribution in [3.63, 3.8) is 0 Å². The SMILES string of the molecule is CCOC(=O)C1=C(CN2CCOC3CN(CC(C)(C)C(=O)O)C(=O)C32)NC(c2nccs2)=NC1c1cccc(F)c1C. The zero-order chi connectivity index (χ0) is 30.2. The predicted molar refractivity (Wildman–Crippen MR) is 152 cm³/mol. The van der Waals surface area contributed by atoms with E-state index in [2.05, 4.69) is 10.3 Å². The fourth-order valence-corrected chi connectivity index (χ4v) is 6.17. The molecular weight excluding hydrogens is 565 g/mol. The summed E-state index contributed by atoms with van der Waals surface area (Å²) in [5, 5.41) is 15.3. The number of likely N-dealkylation sites (tertiary alicyclic amines) is 1. The molecule has 1 aromatic carbocycles. The van der Waals surface area contributed by atoms with Crippen molar-refractivity contribution in [1.29, 1.82) is 0 Å². The highest BCUT2D eigenvalue weighted by Gasteiger charge is 2.49. The lowest BCUT2D eigenvalue weighted by molar-refractivity contribution is -0.149. The van der Waals surface area contributed by atoms with Gasteiger partial charge in [0.1, 0.15) is 17.9 Å². The topological polar surface area (TPSA) is 134 Å². The molecule has 3 aliphatic rings. The van der Waals surface area contributed by atoms with Crippen LogP contribution in [0.4, 0.5) is 4.39 Å². The molecule has 11 nitrogen and oxygen atoms in total. The Morgan fingerprint density at radius 1 is 1.33 bits per heavy atom. The van der Waals surface area contributed by atoms with Gasteiger partial charge in [-0.1, -0.05) is 12.1 Å². The molecule has 0 saturated carbocycles. The van der Waals surface area contributed by atoms with Crippen LogP contribution < -0.4 is 5.32 Å². The Morgan fingerprint density at radius 2 is 2.12 bits per heavy atom. The number of morpholine rings is 1. The minimum Gasteiger partial charge on any atom is -0.481 e. The highest BCUT2D eigenvalue weighted by atomic mass is 32.1. The first-order chi connectivity index (χ1) is 20.0. The number of hydrogen-bond donors (Lipinski definition) is 2. The molecule has 42 heavy (non-hydrogen) atoms. The van der Waals surface area contributed by atoms with Crippen LogP contribution in [0.15, 0.2) is 46.0 Å². The number of aliphatic imine (C=N–C) groups is 1. The molecule has 0 bridgehead atoms. The maximum atomic E-state index is 14.7. The number of carbonyl (C=O) groups is 3. The van der Waals surface area contributed by atoms with Gasteiger partial charge >= 0.3 is 11.9 Å². The second-order valence-electron chi connectivity index (χ2n) is 11.1. The van der Waals surface area contributed by atoms with Gasteiger partial charge in [0.15, 0.2) is 10.8 Å². The molecule has 3 aliphatic heterocycles. The van der Waals surface area contributed by atoms with Crippen LogP contribution in [0, 0.1) is 18.2 Å². The Kier molecular flexibility index (Phi) is 8.44. The maximum Gasteiger partial charge on any atom is 0.338 e. The Bertz CT molecular complexity index is 1440. The van der Waals surface area contributed by atoms with Crippen LogP contribution in [-0.4, -0.2) is 95.1 Å². The van der Waals surface area contributed by atoms with Crippen molar-refractivity contribution in [3.05, 3.63) is 63.0 Å². The summed E-state index contributed by atoms with van der Waals surface area (Å²) in [5.41, 5.74) is 0.448. The number of rotatable bonds is 9. The van der Waals surface area contributed by atoms with Crippen molar-refractivity contribution in [2.45, 2.75) is 45.9 Å². The maximum absolute atomic E-state index is 14.7. The fourth-order valence-electron chi connectivity index (χ4n) is 5.58. The summed E-state index contributed by atoms with van der Waals surface area (Å²) in [5.74, 6) is -1.81. The zero-order valence-electron chi connectivity index (χ0n) is 23.9. The number of aromatic nitrogens is 1. The van der Waals surface area contributed by atoms with Gasteiger partial charge in [-0.15, -0.1) is 11.3 Å². The first-order valence-electron chi connectivity index (χ1n) is 13.8. The van der Waals surface area contributed by atoms with Crippen molar-refractivity contribution in [3.8, 4) is 0 Å². The lowest BCUT2D eigenvalue weighted by Crippen LogP contribution is -2.54. The average molecular weight is 600 g/mol. The minimum absolute atomic E-state index is 0.0438. The third kappa shape index (κ3) is 5.68. The largest absolute Gasteiger partial charge is 0.481 e. The Balaban J connectivity index is 1.54. The molecule has 5 rings (SSSR count). The van der Waals surface area contributed by atoms with Gasteiger partial charge in [-0.25, -0.2) is 14.2 Å². The predicted octanol–water partition coefficient (Wildman–Crippen LogP) is 2.52. The standard InChI is InChI=1S/C29H34FN5O6S/c1-5-40-27(37)21-19(13-34-10-11-41-20-14-35(26(36)23(20)34)15-29(3,4)28(38)39)32-24(25-31-9-12-42-25)33-22(21)17-7-6-8-18(30)16(17)2/h6-9,12,20,22-23H,5,10-11,13-15H2,1-4H3,(H,32,33)(H,38,39). The monoisotopic (exact) mass is 599 g/mol. The number of carboxylic acids is 1. The normalized spacial score (nSPS) is 23.0. The molecule has 224 valence electrons. The number of ether oxygens (including phenoxy) is 2. The summed E-state index contributed by atoms with van der Waals surface area (Å²) in [6.45, 7) is 7.86. The van der Waals surface area contributed by atoms with Gasteiger partial charge in [0.2, 0.25) is 5.91 Å². The Hall–Kier alpha value is -3.68. The molecule has 1 amide bonds. The van der Waals surface area contributed by atoms with Crippen LogP contribution in [0.5, 0.6) is 0 Å². The van der Waals surface area contributed by atoms with Crippen molar-refractivity contribution in [1.82, 2.24) is 20.1 Å². The second kappa shape index (κ2) is 11.9. The first kappa shape index (κ1) is 29.8. The summed E-state index contributed by atoms with van der Waals surface area (Å²) >= 11 is 1.37. The van der Waals surface area contributed by atoms with Gasteiger partial charge in [-0.2, -0.15) is 0 Å². The molecule has 3 unspecified atom stereocenters. The molecule has 2 aromatic rings. The highest BCUT2D eigenvalue weighted by molar-refractivity contribution is 7.11. The van der Waals surface area contributed by atoms with Gasteiger partial charge in [0.25, 0.3) is 0 Å². The van der Waals surface area contributed by atoms with Crippen LogP contribution in [0.2, 0.25) is 0 Å². The van der Waals surface area contributed by atoms with Crippen molar-refractivity contribution in [2.75, 3.05) is 39.4 Å². The van der Waals surface area contributed by atoms with E-state index < -0.39 is 41.4 Å². The molecule has 13 heteroatoms. The fraction of sp³-hybridized carbons (Fsp3) is 0.483. The summed E-state index contributed by atoms with van der Waals surface area (Å²) in [7, 11) is 0. The number of esters is 1. The molecule has 0 radical (unpaired) electrons. The zero-order valence-corrected chi connectivity index (χ0v) is 24.7. The van der Waals surface area contributed by atoms with Gasteiger partial charge in [0, 0.05) is 43.5 Å². The average Bonchev–Trinajstić information content (AvgIpc) is 3.59. The minimum atomic E-state index is -1.13. The van der Waals surface area contributed by atoms with E-state index in [-0.39, 0.29) is 37.7 Å². The molecule has 2 N–H and O–H groups in total. The molecular formula is C29H34FN5O6S. The number of aliphatic carboxylic acids is 1. The van der Waals surface area contributed by atoms with Crippen molar-refractivity contribution >= 4 is 35.0 Å². The number of carbonyl (C=O) groups excluding carboxylic acids is 2. The summed E-state index contributed by atoms with van der Waals surface area (Å²) < 4.78 is 26.2. The number of hydrogen-bond acceptors (Lipinski definition) is 10. The van der Waals surface area contributed by atoms with E-state index in [9.17, 15) is 23.9 Å². The summed E-state index contributed by atoms with van der Waals surface area (Å²) in [6, 6.07) is 3.13. The summed E-state index contributed by atoms with van der Waals surface area (Å²) in [6.07, 6.45) is 1.19. The number of nitrogens with zero attached hydrogens (tertiary/aromatic N) is 4. The number of fused-ring (bicyclic) bond motifs is 1. The van der Waals surface area contributed by atoms with E-state index in [0.717, 1.165) is 0 Å². The smallest absolute Gasteiger partial charge is 0.338 e. The van der Waals surface area contributed by atoms with Crippen LogP contribution >= 0.6 is 11.3 Å². The number of amides is 1. The molecule has 0 spiro atoms. The number of halogens is 1. The van der Waals surface area contributed by atoms with Gasteiger partial charge in [-0.05, 0) is 44.9 Å². The third-order valence-corrected chi connectivity index (χ3v) is 8.59. The lowest BCUT2D eigenvalue weighted by Gasteiger charge is -2.37. The molecule has 2 saturated heterocycles. The van der Waals surface area contributed by atoms with E-state index in [0.29, 0.717) is 40.8 Å². The molecule has 3 atom stereocenters. The lowest BCUT2D eigenvalue weighted by atomic mass is 9.92. The van der Waals surface area contributed by atoms with E-state index >= 15 is 0 Å². The second-order valence-corrected chi connectivity index (χ2v) is 12.0. The number of carboxylic acid groups (broad SMARTS) is 1. The molecule has 2 fully saturated rings. The van der Waals surface area contributed by atoms with E-state index in [1.54, 1.807) is 46.0 Å². The van der Waals surface area contributed by atoms with Gasteiger partial charge < -0.3 is 24.8 Å². The number of nitrogens with one attached hydrogen (secondary N) is 1. The van der Waals surface area contributed by atoms with Crippen molar-refractivity contribution in [2.24, 2.45) is 10.4 Å². The summed E-state index contributed by atoms with van der Waals surface area (Å²) in [4.78, 5) is 51.6. The van der Waals surface area contributed by atoms with E-state index in [1.165, 1.54) is 22.3 Å². The molecule has 4 heterocycles. The van der Waals surface area contributed by atoms with Crippen LogP contribution in [0.25, 0.3) is 0 Å². The Labute approximate surface area is 247 Å². The van der Waals surface area contributed by atoms with Crippen LogP contribution in [-0.2, 0) is 23.9 Å². The molecule has 0 aliphatic carbocycles. The van der Waals surface area contributed by atoms with E-state index in [1.807, 2.05) is 10.3 Å². The van der Waals surface area contributed by atoms with Crippen molar-refractivity contribution < 1.29 is 33.4 Å². The van der Waals surface area contributed by atoms with E-state index in [4.69, 9.17) is 14.5 Å². The number of amidine groups is 1. The molecule has 1 aromatic heterocycles. The highest BCUT2D eigenvalue weighted by Crippen LogP contribution is 2.36. The first-order valence-corrected chi connectivity index (χ1v) is 14.7. The van der Waals surface area contributed by atoms with Gasteiger partial charge in [-0.3, -0.25) is 19.5 Å². The van der Waals surface area contributed by atoms with Crippen LogP contribution in [0.3, 0.4) is 0 Å². The number of benzene rings is 1. The van der Waals surface area contributed by atoms with Gasteiger partial charge in [0.05, 0.1) is 30.3 Å².